The maximum atomic E-state index is 13.2. The molecule has 0 spiro atoms. The molecular formula is C25H34N2O4S. The molecule has 6 nitrogen and oxygen atoms in total. The highest BCUT2D eigenvalue weighted by Crippen LogP contribution is 2.27. The van der Waals surface area contributed by atoms with Gasteiger partial charge in [0.25, 0.3) is 0 Å². The fourth-order valence-corrected chi connectivity index (χ4v) is 5.55. The monoisotopic (exact) mass is 458 g/mol. The van der Waals surface area contributed by atoms with Gasteiger partial charge in [0.2, 0.25) is 15.9 Å². The highest BCUT2D eigenvalue weighted by molar-refractivity contribution is 7.89. The molecule has 1 fully saturated rings. The van der Waals surface area contributed by atoms with E-state index in [1.807, 2.05) is 18.7 Å². The van der Waals surface area contributed by atoms with E-state index in [9.17, 15) is 13.2 Å². The SMILES string of the molecule is CCCN(Cc1ccc(C)cc1)C(=O)C1CCN(S(=O)(=O)c2ccc(OCC)cc2)CC1. The van der Waals surface area contributed by atoms with Crippen LogP contribution in [0.25, 0.3) is 0 Å². The number of hydrogen-bond donors (Lipinski definition) is 0. The molecule has 1 heterocycles. The second-order valence-electron chi connectivity index (χ2n) is 8.33. The van der Waals surface area contributed by atoms with Crippen LogP contribution in [0.4, 0.5) is 0 Å². The van der Waals surface area contributed by atoms with Gasteiger partial charge in [0.05, 0.1) is 11.5 Å². The molecule has 0 saturated carbocycles. The Morgan fingerprint density at radius 1 is 1.03 bits per heavy atom. The van der Waals surface area contributed by atoms with E-state index in [0.29, 0.717) is 51.4 Å². The molecule has 0 aromatic heterocycles. The molecule has 0 bridgehead atoms. The van der Waals surface area contributed by atoms with E-state index in [4.69, 9.17) is 4.74 Å². The van der Waals surface area contributed by atoms with Crippen LogP contribution in [-0.4, -0.2) is 49.8 Å². The van der Waals surface area contributed by atoms with E-state index in [1.165, 1.54) is 9.87 Å². The molecule has 0 radical (unpaired) electrons. The molecular weight excluding hydrogens is 424 g/mol. The minimum absolute atomic E-state index is 0.130. The van der Waals surface area contributed by atoms with E-state index in [2.05, 4.69) is 31.2 Å². The Hall–Kier alpha value is -2.38. The van der Waals surface area contributed by atoms with Crippen molar-refractivity contribution in [2.75, 3.05) is 26.2 Å². The van der Waals surface area contributed by atoms with Crippen molar-refractivity contribution in [2.24, 2.45) is 5.92 Å². The molecule has 3 rings (SSSR count). The van der Waals surface area contributed by atoms with Crippen LogP contribution in [0, 0.1) is 12.8 Å². The van der Waals surface area contributed by atoms with Gasteiger partial charge in [0, 0.05) is 32.1 Å². The van der Waals surface area contributed by atoms with E-state index in [1.54, 1.807) is 24.3 Å². The third-order valence-corrected chi connectivity index (χ3v) is 7.79. The second kappa shape index (κ2) is 11.0. The van der Waals surface area contributed by atoms with Crippen molar-refractivity contribution in [3.63, 3.8) is 0 Å². The first-order valence-electron chi connectivity index (χ1n) is 11.4. The summed E-state index contributed by atoms with van der Waals surface area (Å²) in [5, 5.41) is 0. The molecule has 2 aromatic carbocycles. The average Bonchev–Trinajstić information content (AvgIpc) is 2.80. The number of piperidine rings is 1. The Morgan fingerprint density at radius 2 is 1.66 bits per heavy atom. The molecule has 1 amide bonds. The Morgan fingerprint density at radius 3 is 2.22 bits per heavy atom. The molecule has 32 heavy (non-hydrogen) atoms. The third kappa shape index (κ3) is 5.90. The number of carbonyl (C=O) groups excluding carboxylic acids is 1. The van der Waals surface area contributed by atoms with Crippen molar-refractivity contribution in [3.05, 3.63) is 59.7 Å². The Balaban J connectivity index is 1.62. The number of hydrogen-bond acceptors (Lipinski definition) is 4. The van der Waals surface area contributed by atoms with Crippen LogP contribution in [0.5, 0.6) is 5.75 Å². The smallest absolute Gasteiger partial charge is 0.243 e. The summed E-state index contributed by atoms with van der Waals surface area (Å²) in [5.41, 5.74) is 2.32. The number of benzene rings is 2. The number of amides is 1. The fraction of sp³-hybridized carbons (Fsp3) is 0.480. The Bertz CT molecular complexity index is 980. The Kier molecular flexibility index (Phi) is 8.32. The predicted octanol–water partition coefficient (Wildman–Crippen LogP) is 4.23. The predicted molar refractivity (Wildman–Crippen MR) is 126 cm³/mol. The summed E-state index contributed by atoms with van der Waals surface area (Å²) >= 11 is 0. The van der Waals surface area contributed by atoms with Gasteiger partial charge in [-0.3, -0.25) is 4.79 Å². The van der Waals surface area contributed by atoms with Crippen molar-refractivity contribution >= 4 is 15.9 Å². The zero-order chi connectivity index (χ0) is 23.1. The highest BCUT2D eigenvalue weighted by atomic mass is 32.2. The maximum Gasteiger partial charge on any atom is 0.243 e. The quantitative estimate of drug-likeness (QED) is 0.564. The lowest BCUT2D eigenvalue weighted by atomic mass is 9.96. The summed E-state index contributed by atoms with van der Waals surface area (Å²) in [4.78, 5) is 15.4. The van der Waals surface area contributed by atoms with Gasteiger partial charge >= 0.3 is 0 Å². The normalized spacial score (nSPS) is 15.5. The van der Waals surface area contributed by atoms with E-state index >= 15 is 0 Å². The molecule has 0 N–H and O–H groups in total. The summed E-state index contributed by atoms with van der Waals surface area (Å²) in [6.45, 7) is 8.56. The number of rotatable bonds is 9. The number of nitrogens with zero attached hydrogens (tertiary/aromatic N) is 2. The summed E-state index contributed by atoms with van der Waals surface area (Å²) in [5.74, 6) is 0.643. The summed E-state index contributed by atoms with van der Waals surface area (Å²) in [6, 6.07) is 14.8. The topological polar surface area (TPSA) is 66.9 Å². The first-order valence-corrected chi connectivity index (χ1v) is 12.9. The van der Waals surface area contributed by atoms with Crippen molar-refractivity contribution < 1.29 is 17.9 Å². The first kappa shape index (κ1) is 24.3. The van der Waals surface area contributed by atoms with Crippen LogP contribution < -0.4 is 4.74 Å². The summed E-state index contributed by atoms with van der Waals surface area (Å²) in [7, 11) is -3.57. The van der Waals surface area contributed by atoms with Crippen LogP contribution in [0.2, 0.25) is 0 Å². The lowest BCUT2D eigenvalue weighted by Crippen LogP contribution is -2.44. The number of carbonyl (C=O) groups is 1. The molecule has 174 valence electrons. The van der Waals surface area contributed by atoms with Crippen molar-refractivity contribution in [1.82, 2.24) is 9.21 Å². The minimum atomic E-state index is -3.57. The van der Waals surface area contributed by atoms with E-state index < -0.39 is 10.0 Å². The molecule has 7 heteroatoms. The van der Waals surface area contributed by atoms with Gasteiger partial charge in [-0.1, -0.05) is 36.8 Å². The minimum Gasteiger partial charge on any atom is -0.494 e. The standard InChI is InChI=1S/C25H34N2O4S/c1-4-16-26(19-21-8-6-20(3)7-9-21)25(28)22-14-17-27(18-15-22)32(29,30)24-12-10-23(11-13-24)31-5-2/h6-13,22H,4-5,14-19H2,1-3H3. The van der Waals surface area contributed by atoms with Crippen molar-refractivity contribution in [3.8, 4) is 5.75 Å². The molecule has 1 saturated heterocycles. The van der Waals surface area contributed by atoms with Gasteiger partial charge in [-0.2, -0.15) is 4.31 Å². The van der Waals surface area contributed by atoms with Crippen molar-refractivity contribution in [1.29, 1.82) is 0 Å². The van der Waals surface area contributed by atoms with Gasteiger partial charge in [-0.15, -0.1) is 0 Å². The third-order valence-electron chi connectivity index (χ3n) is 5.87. The van der Waals surface area contributed by atoms with Gasteiger partial charge in [-0.05, 0) is 62.9 Å². The average molecular weight is 459 g/mol. The molecule has 0 aliphatic carbocycles. The molecule has 0 atom stereocenters. The molecule has 0 unspecified atom stereocenters. The zero-order valence-corrected chi connectivity index (χ0v) is 20.1. The van der Waals surface area contributed by atoms with E-state index in [-0.39, 0.29) is 16.7 Å². The van der Waals surface area contributed by atoms with E-state index in [0.717, 1.165) is 12.0 Å². The second-order valence-corrected chi connectivity index (χ2v) is 10.3. The largest absolute Gasteiger partial charge is 0.494 e. The van der Waals surface area contributed by atoms with Gasteiger partial charge in [0.15, 0.2) is 0 Å². The van der Waals surface area contributed by atoms with Crippen LogP contribution >= 0.6 is 0 Å². The lowest BCUT2D eigenvalue weighted by molar-refractivity contribution is -0.137. The Labute approximate surface area is 192 Å². The van der Waals surface area contributed by atoms with Crippen LogP contribution in [0.15, 0.2) is 53.4 Å². The van der Waals surface area contributed by atoms with Crippen LogP contribution in [0.3, 0.4) is 0 Å². The fourth-order valence-electron chi connectivity index (χ4n) is 4.08. The zero-order valence-electron chi connectivity index (χ0n) is 19.3. The lowest BCUT2D eigenvalue weighted by Gasteiger charge is -2.33. The van der Waals surface area contributed by atoms with Crippen LogP contribution in [-0.2, 0) is 21.4 Å². The number of sulfonamides is 1. The summed E-state index contributed by atoms with van der Waals surface area (Å²) in [6.07, 6.45) is 1.98. The molecule has 1 aliphatic rings. The highest BCUT2D eigenvalue weighted by Gasteiger charge is 2.33. The maximum absolute atomic E-state index is 13.2. The first-order chi connectivity index (χ1) is 15.3. The number of ether oxygens (including phenoxy) is 1. The van der Waals surface area contributed by atoms with Crippen molar-refractivity contribution in [2.45, 2.75) is 51.5 Å². The van der Waals surface area contributed by atoms with Gasteiger partial charge < -0.3 is 9.64 Å². The van der Waals surface area contributed by atoms with Crippen LogP contribution in [0.1, 0.15) is 44.2 Å². The molecule has 2 aromatic rings. The number of aryl methyl sites for hydroxylation is 1. The van der Waals surface area contributed by atoms with Gasteiger partial charge in [0.1, 0.15) is 5.75 Å². The van der Waals surface area contributed by atoms with Gasteiger partial charge in [-0.25, -0.2) is 8.42 Å². The molecule has 1 aliphatic heterocycles. The summed E-state index contributed by atoms with van der Waals surface area (Å²) < 4.78 is 33.0.